The molecule has 2 unspecified atom stereocenters. The van der Waals surface area contributed by atoms with E-state index in [9.17, 15) is 18.7 Å². The number of rotatable bonds is 3. The van der Waals surface area contributed by atoms with Gasteiger partial charge in [-0.3, -0.25) is 0 Å². The number of benzene rings is 1. The van der Waals surface area contributed by atoms with Gasteiger partial charge in [0, 0.05) is 0 Å². The lowest BCUT2D eigenvalue weighted by molar-refractivity contribution is -0.161. The van der Waals surface area contributed by atoms with Gasteiger partial charge in [0.15, 0.2) is 0 Å². The summed E-state index contributed by atoms with van der Waals surface area (Å²) >= 11 is 0. The van der Waals surface area contributed by atoms with E-state index in [1.54, 1.807) is 0 Å². The third kappa shape index (κ3) is 2.36. The molecule has 0 amide bonds. The smallest absolute Gasteiger partial charge is 0.346 e. The zero-order valence-corrected chi connectivity index (χ0v) is 8.91. The number of ether oxygens (including phenoxy) is 1. The molecule has 0 aliphatic carbocycles. The third-order valence-electron chi connectivity index (χ3n) is 2.28. The van der Waals surface area contributed by atoms with Crippen LogP contribution < -0.4 is 0 Å². The molecule has 0 fully saturated rings. The summed E-state index contributed by atoms with van der Waals surface area (Å²) < 4.78 is 30.7. The Labute approximate surface area is 91.7 Å². The second kappa shape index (κ2) is 4.57. The van der Waals surface area contributed by atoms with Crippen LogP contribution in [-0.4, -0.2) is 23.9 Å². The number of alkyl halides is 1. The van der Waals surface area contributed by atoms with Gasteiger partial charge in [0.2, 0.25) is 5.67 Å². The fourth-order valence-electron chi connectivity index (χ4n) is 1.27. The van der Waals surface area contributed by atoms with E-state index in [4.69, 9.17) is 0 Å². The lowest BCUT2D eigenvalue weighted by Crippen LogP contribution is -2.38. The van der Waals surface area contributed by atoms with Crippen LogP contribution in [0.3, 0.4) is 0 Å². The van der Waals surface area contributed by atoms with Crippen LogP contribution >= 0.6 is 0 Å². The van der Waals surface area contributed by atoms with Crippen molar-refractivity contribution >= 4 is 5.97 Å². The summed E-state index contributed by atoms with van der Waals surface area (Å²) in [4.78, 5) is 11.1. The number of carbonyl (C=O) groups is 1. The van der Waals surface area contributed by atoms with E-state index < -0.39 is 23.6 Å². The van der Waals surface area contributed by atoms with Crippen molar-refractivity contribution in [3.63, 3.8) is 0 Å². The van der Waals surface area contributed by atoms with Gasteiger partial charge in [-0.2, -0.15) is 0 Å². The molecule has 1 N–H and O–H groups in total. The summed E-state index contributed by atoms with van der Waals surface area (Å²) in [7, 11) is 1.03. The van der Waals surface area contributed by atoms with Gasteiger partial charge in [0.05, 0.1) is 7.11 Å². The van der Waals surface area contributed by atoms with E-state index in [0.29, 0.717) is 0 Å². The molecule has 0 heterocycles. The molecule has 0 aromatic heterocycles. The lowest BCUT2D eigenvalue weighted by Gasteiger charge is -2.23. The molecular weight excluding hydrogens is 218 g/mol. The van der Waals surface area contributed by atoms with Crippen LogP contribution in [0, 0.1) is 5.82 Å². The van der Waals surface area contributed by atoms with E-state index in [2.05, 4.69) is 4.74 Å². The fourth-order valence-corrected chi connectivity index (χ4v) is 1.27. The van der Waals surface area contributed by atoms with Crippen LogP contribution in [0.25, 0.3) is 0 Å². The molecule has 3 nitrogen and oxygen atoms in total. The highest BCUT2D eigenvalue weighted by atomic mass is 19.1. The maximum absolute atomic E-state index is 13.8. The van der Waals surface area contributed by atoms with Crippen LogP contribution in [0.15, 0.2) is 24.3 Å². The van der Waals surface area contributed by atoms with Gasteiger partial charge >= 0.3 is 5.97 Å². The molecule has 0 saturated carbocycles. The second-order valence-corrected chi connectivity index (χ2v) is 3.52. The first-order valence-electron chi connectivity index (χ1n) is 4.60. The van der Waals surface area contributed by atoms with Gasteiger partial charge in [-0.05, 0) is 24.6 Å². The number of carbonyl (C=O) groups excluding carboxylic acids is 1. The molecule has 1 aromatic rings. The molecule has 0 aliphatic heterocycles. The number of aliphatic hydroxyl groups is 1. The molecular formula is C11H12F2O3. The number of halogens is 2. The minimum absolute atomic E-state index is 0.108. The van der Waals surface area contributed by atoms with E-state index in [1.165, 1.54) is 12.1 Å². The van der Waals surface area contributed by atoms with E-state index in [1.807, 2.05) is 0 Å². The summed E-state index contributed by atoms with van der Waals surface area (Å²) in [6.45, 7) is 0.910. The predicted octanol–water partition coefficient (Wildman–Crippen LogP) is 1.76. The zero-order valence-electron chi connectivity index (χ0n) is 8.91. The number of esters is 1. The molecule has 1 aromatic carbocycles. The van der Waals surface area contributed by atoms with Crippen LogP contribution in [0.4, 0.5) is 8.78 Å². The summed E-state index contributed by atoms with van der Waals surface area (Å²) in [5.74, 6) is -1.68. The topological polar surface area (TPSA) is 46.5 Å². The molecule has 0 radical (unpaired) electrons. The standard InChI is InChI=1S/C11H12F2O3/c1-11(13,10(15)16-2)9(14)7-3-5-8(12)6-4-7/h3-6,9,14H,1-2H3. The van der Waals surface area contributed by atoms with Gasteiger partial charge < -0.3 is 9.84 Å². The number of aliphatic hydroxyl groups excluding tert-OH is 1. The van der Waals surface area contributed by atoms with E-state index >= 15 is 0 Å². The lowest BCUT2D eigenvalue weighted by atomic mass is 9.94. The molecule has 0 bridgehead atoms. The van der Waals surface area contributed by atoms with Crippen molar-refractivity contribution in [2.24, 2.45) is 0 Å². The second-order valence-electron chi connectivity index (χ2n) is 3.52. The first-order valence-corrected chi connectivity index (χ1v) is 4.60. The number of methoxy groups -OCH3 is 1. The van der Waals surface area contributed by atoms with Crippen LogP contribution in [0.5, 0.6) is 0 Å². The Bertz CT molecular complexity index is 373. The van der Waals surface area contributed by atoms with Crippen molar-refractivity contribution in [2.45, 2.75) is 18.7 Å². The Morgan fingerprint density at radius 1 is 1.44 bits per heavy atom. The van der Waals surface area contributed by atoms with Crippen LogP contribution in [-0.2, 0) is 9.53 Å². The molecule has 5 heteroatoms. The van der Waals surface area contributed by atoms with Crippen molar-refractivity contribution in [2.75, 3.05) is 7.11 Å². The Balaban J connectivity index is 2.97. The molecule has 1 rings (SSSR count). The summed E-state index contributed by atoms with van der Waals surface area (Å²) in [6, 6.07) is 4.57. The predicted molar refractivity (Wildman–Crippen MR) is 52.9 cm³/mol. The van der Waals surface area contributed by atoms with Gasteiger partial charge in [0.25, 0.3) is 0 Å². The highest BCUT2D eigenvalue weighted by molar-refractivity contribution is 5.79. The number of hydrogen-bond donors (Lipinski definition) is 1. The maximum atomic E-state index is 13.8. The fraction of sp³-hybridized carbons (Fsp3) is 0.364. The monoisotopic (exact) mass is 230 g/mol. The molecule has 2 atom stereocenters. The highest BCUT2D eigenvalue weighted by Crippen LogP contribution is 2.30. The highest BCUT2D eigenvalue weighted by Gasteiger charge is 2.43. The van der Waals surface area contributed by atoms with Crippen molar-refractivity contribution in [3.8, 4) is 0 Å². The van der Waals surface area contributed by atoms with Crippen molar-refractivity contribution in [1.29, 1.82) is 0 Å². The first-order chi connectivity index (χ1) is 7.39. The normalized spacial score (nSPS) is 16.3. The van der Waals surface area contributed by atoms with Crippen LogP contribution in [0.2, 0.25) is 0 Å². The zero-order chi connectivity index (χ0) is 12.3. The SMILES string of the molecule is COC(=O)C(C)(F)C(O)c1ccc(F)cc1. The molecule has 0 aliphatic rings. The average Bonchev–Trinajstić information content (AvgIpc) is 2.28. The Hall–Kier alpha value is -1.49. The molecule has 88 valence electrons. The van der Waals surface area contributed by atoms with Gasteiger partial charge in [0.1, 0.15) is 11.9 Å². The van der Waals surface area contributed by atoms with Gasteiger partial charge in [-0.15, -0.1) is 0 Å². The summed E-state index contributed by atoms with van der Waals surface area (Å²) in [5.41, 5.74) is -2.45. The first kappa shape index (κ1) is 12.6. The van der Waals surface area contributed by atoms with Crippen molar-refractivity contribution in [1.82, 2.24) is 0 Å². The van der Waals surface area contributed by atoms with Gasteiger partial charge in [-0.1, -0.05) is 12.1 Å². The van der Waals surface area contributed by atoms with Crippen LogP contribution in [0.1, 0.15) is 18.6 Å². The quantitative estimate of drug-likeness (QED) is 0.805. The van der Waals surface area contributed by atoms with Gasteiger partial charge in [-0.25, -0.2) is 13.6 Å². The third-order valence-corrected chi connectivity index (χ3v) is 2.28. The molecule has 16 heavy (non-hydrogen) atoms. The minimum atomic E-state index is -2.56. The Morgan fingerprint density at radius 2 is 1.94 bits per heavy atom. The van der Waals surface area contributed by atoms with E-state index in [0.717, 1.165) is 26.2 Å². The maximum Gasteiger partial charge on any atom is 0.346 e. The Morgan fingerprint density at radius 3 is 2.38 bits per heavy atom. The summed E-state index contributed by atoms with van der Waals surface area (Å²) in [6.07, 6.45) is -1.69. The largest absolute Gasteiger partial charge is 0.467 e. The minimum Gasteiger partial charge on any atom is -0.467 e. The van der Waals surface area contributed by atoms with E-state index in [-0.39, 0.29) is 5.56 Å². The van der Waals surface area contributed by atoms with Crippen molar-refractivity contribution in [3.05, 3.63) is 35.6 Å². The van der Waals surface area contributed by atoms with Crippen molar-refractivity contribution < 1.29 is 23.4 Å². The Kier molecular flexibility index (Phi) is 3.59. The number of hydrogen-bond acceptors (Lipinski definition) is 3. The summed E-state index contributed by atoms with van der Waals surface area (Å²) in [5, 5.41) is 9.64. The average molecular weight is 230 g/mol. The molecule has 0 spiro atoms. The molecule has 0 saturated heterocycles.